The van der Waals surface area contributed by atoms with Crippen LogP contribution >= 0.6 is 0 Å². The van der Waals surface area contributed by atoms with Gasteiger partial charge in [-0.3, -0.25) is 19.8 Å². The zero-order chi connectivity index (χ0) is 19.5. The number of rotatable bonds is 5. The molecule has 2 aromatic carbocycles. The van der Waals surface area contributed by atoms with Crippen molar-refractivity contribution in [2.75, 3.05) is 10.6 Å². The smallest absolute Gasteiger partial charge is 0.237 e. The highest BCUT2D eigenvalue weighted by atomic mass is 19.1. The summed E-state index contributed by atoms with van der Waals surface area (Å²) in [5, 5.41) is 5.81. The zero-order valence-corrected chi connectivity index (χ0v) is 15.2. The molecular formula is C21H18FN5O. The van der Waals surface area contributed by atoms with Gasteiger partial charge in [0.2, 0.25) is 5.91 Å². The van der Waals surface area contributed by atoms with E-state index in [4.69, 9.17) is 0 Å². The SMILES string of the molecule is Cc1cnc(CNc2ccc(N=CC3C(=O)Nc4ccccc43)cc2F)cn1. The van der Waals surface area contributed by atoms with Gasteiger partial charge in [0.25, 0.3) is 0 Å². The van der Waals surface area contributed by atoms with Gasteiger partial charge in [0.15, 0.2) is 0 Å². The Kier molecular flexibility index (Phi) is 4.80. The molecule has 0 saturated heterocycles. The number of fused-ring (bicyclic) bond motifs is 1. The molecule has 3 aromatic rings. The number of carbonyl (C=O) groups is 1. The summed E-state index contributed by atoms with van der Waals surface area (Å²) in [5.74, 6) is -1.04. The normalized spacial score (nSPS) is 15.5. The molecule has 7 heteroatoms. The Balaban J connectivity index is 1.45. The van der Waals surface area contributed by atoms with E-state index in [2.05, 4.69) is 25.6 Å². The van der Waals surface area contributed by atoms with Crippen LogP contribution in [0.1, 0.15) is 22.9 Å². The van der Waals surface area contributed by atoms with Crippen LogP contribution in [0.3, 0.4) is 0 Å². The highest BCUT2D eigenvalue weighted by Crippen LogP contribution is 2.31. The third-order valence-electron chi connectivity index (χ3n) is 4.46. The van der Waals surface area contributed by atoms with Crippen molar-refractivity contribution in [3.8, 4) is 0 Å². The molecule has 1 unspecified atom stereocenters. The van der Waals surface area contributed by atoms with E-state index in [-0.39, 0.29) is 5.91 Å². The second-order valence-corrected chi connectivity index (χ2v) is 6.50. The number of hydrogen-bond donors (Lipinski definition) is 2. The van der Waals surface area contributed by atoms with Gasteiger partial charge in [-0.2, -0.15) is 0 Å². The van der Waals surface area contributed by atoms with E-state index < -0.39 is 11.7 Å². The van der Waals surface area contributed by atoms with Crippen molar-refractivity contribution in [3.63, 3.8) is 0 Å². The van der Waals surface area contributed by atoms with Crippen LogP contribution in [0.4, 0.5) is 21.5 Å². The van der Waals surface area contributed by atoms with E-state index in [1.54, 1.807) is 30.7 Å². The van der Waals surface area contributed by atoms with Gasteiger partial charge in [-0.1, -0.05) is 18.2 Å². The Labute approximate surface area is 161 Å². The number of benzene rings is 2. The van der Waals surface area contributed by atoms with E-state index in [1.165, 1.54) is 6.07 Å². The van der Waals surface area contributed by atoms with Crippen LogP contribution in [0.15, 0.2) is 59.9 Å². The van der Waals surface area contributed by atoms with E-state index in [1.807, 2.05) is 31.2 Å². The lowest BCUT2D eigenvalue weighted by Crippen LogP contribution is -2.12. The predicted octanol–water partition coefficient (Wildman–Crippen LogP) is 3.97. The third kappa shape index (κ3) is 3.73. The minimum atomic E-state index is -0.475. The molecule has 2 heterocycles. The molecule has 140 valence electrons. The number of amides is 1. The zero-order valence-electron chi connectivity index (χ0n) is 15.2. The maximum absolute atomic E-state index is 14.4. The van der Waals surface area contributed by atoms with Crippen LogP contribution in [-0.2, 0) is 11.3 Å². The van der Waals surface area contributed by atoms with Crippen LogP contribution in [0.2, 0.25) is 0 Å². The minimum Gasteiger partial charge on any atom is -0.377 e. The van der Waals surface area contributed by atoms with E-state index in [0.717, 1.165) is 22.6 Å². The lowest BCUT2D eigenvalue weighted by Gasteiger charge is -2.08. The molecular weight excluding hydrogens is 357 g/mol. The molecule has 6 nitrogen and oxygen atoms in total. The Bertz CT molecular complexity index is 1050. The van der Waals surface area contributed by atoms with Gasteiger partial charge in [-0.15, -0.1) is 0 Å². The summed E-state index contributed by atoms with van der Waals surface area (Å²) in [7, 11) is 0. The third-order valence-corrected chi connectivity index (χ3v) is 4.46. The average Bonchev–Trinajstić information content (AvgIpc) is 3.02. The first kappa shape index (κ1) is 17.8. The first-order valence-electron chi connectivity index (χ1n) is 8.85. The number of nitrogens with one attached hydrogen (secondary N) is 2. The molecule has 1 atom stereocenters. The second kappa shape index (κ2) is 7.56. The van der Waals surface area contributed by atoms with Crippen LogP contribution in [0.25, 0.3) is 0 Å². The van der Waals surface area contributed by atoms with Crippen molar-refractivity contribution in [2.45, 2.75) is 19.4 Å². The number of aliphatic imine (C=N–C) groups is 1. The molecule has 28 heavy (non-hydrogen) atoms. The van der Waals surface area contributed by atoms with Crippen LogP contribution in [-0.4, -0.2) is 22.1 Å². The van der Waals surface area contributed by atoms with Crippen molar-refractivity contribution < 1.29 is 9.18 Å². The quantitative estimate of drug-likeness (QED) is 0.661. The summed E-state index contributed by atoms with van der Waals surface area (Å²) in [5.41, 5.74) is 4.00. The molecule has 0 saturated carbocycles. The van der Waals surface area contributed by atoms with Gasteiger partial charge < -0.3 is 10.6 Å². The molecule has 4 rings (SSSR count). The predicted molar refractivity (Wildman–Crippen MR) is 106 cm³/mol. The van der Waals surface area contributed by atoms with Gasteiger partial charge in [-0.25, -0.2) is 4.39 Å². The monoisotopic (exact) mass is 375 g/mol. The number of halogens is 1. The number of aryl methyl sites for hydroxylation is 1. The van der Waals surface area contributed by atoms with Crippen LogP contribution < -0.4 is 10.6 Å². The molecule has 0 radical (unpaired) electrons. The van der Waals surface area contributed by atoms with Gasteiger partial charge >= 0.3 is 0 Å². The lowest BCUT2D eigenvalue weighted by atomic mass is 10.0. The van der Waals surface area contributed by atoms with Gasteiger partial charge in [0.05, 0.1) is 35.5 Å². The van der Waals surface area contributed by atoms with E-state index in [9.17, 15) is 9.18 Å². The molecule has 1 aliphatic heterocycles. The van der Waals surface area contributed by atoms with Crippen molar-refractivity contribution in [1.29, 1.82) is 0 Å². The molecule has 0 fully saturated rings. The first-order chi connectivity index (χ1) is 13.6. The Morgan fingerprint density at radius 2 is 2.07 bits per heavy atom. The highest BCUT2D eigenvalue weighted by Gasteiger charge is 2.28. The van der Waals surface area contributed by atoms with E-state index in [0.29, 0.717) is 17.9 Å². The first-order valence-corrected chi connectivity index (χ1v) is 8.85. The highest BCUT2D eigenvalue weighted by molar-refractivity contribution is 6.12. The summed E-state index contributed by atoms with van der Waals surface area (Å²) in [6.45, 7) is 2.22. The van der Waals surface area contributed by atoms with Crippen molar-refractivity contribution >= 4 is 29.2 Å². The van der Waals surface area contributed by atoms with Crippen molar-refractivity contribution in [3.05, 3.63) is 77.6 Å². The second-order valence-electron chi connectivity index (χ2n) is 6.50. The Hall–Kier alpha value is -3.61. The summed E-state index contributed by atoms with van der Waals surface area (Å²) < 4.78 is 14.4. The Morgan fingerprint density at radius 3 is 2.86 bits per heavy atom. The maximum atomic E-state index is 14.4. The fraction of sp³-hybridized carbons (Fsp3) is 0.143. The number of hydrogen-bond acceptors (Lipinski definition) is 5. The molecule has 0 bridgehead atoms. The summed E-state index contributed by atoms with van der Waals surface area (Å²) >= 11 is 0. The van der Waals surface area contributed by atoms with Gasteiger partial charge in [0.1, 0.15) is 11.7 Å². The molecule has 1 aliphatic rings. The van der Waals surface area contributed by atoms with Crippen molar-refractivity contribution in [2.24, 2.45) is 4.99 Å². The van der Waals surface area contributed by atoms with Crippen molar-refractivity contribution in [1.82, 2.24) is 9.97 Å². The maximum Gasteiger partial charge on any atom is 0.237 e. The average molecular weight is 375 g/mol. The number of anilines is 2. The Morgan fingerprint density at radius 1 is 1.21 bits per heavy atom. The summed E-state index contributed by atoms with van der Waals surface area (Å²) in [6.07, 6.45) is 4.87. The van der Waals surface area contributed by atoms with E-state index >= 15 is 0 Å². The molecule has 1 amide bonds. The number of carbonyl (C=O) groups excluding carboxylic acids is 1. The standard InChI is InChI=1S/C21H18FN5O/c1-13-9-24-15(10-23-13)11-26-20-7-6-14(8-18(20)22)25-12-17-16-4-2-3-5-19(16)27-21(17)28/h2-10,12,17,26H,11H2,1H3,(H,27,28). The number of para-hydroxylation sites is 1. The fourth-order valence-electron chi connectivity index (χ4n) is 2.97. The number of nitrogens with zero attached hydrogens (tertiary/aromatic N) is 3. The molecule has 1 aromatic heterocycles. The summed E-state index contributed by atoms with van der Waals surface area (Å²) in [6, 6.07) is 12.1. The van der Waals surface area contributed by atoms with Gasteiger partial charge in [0, 0.05) is 24.2 Å². The number of aromatic nitrogens is 2. The summed E-state index contributed by atoms with van der Waals surface area (Å²) in [4.78, 5) is 24.8. The molecule has 2 N–H and O–H groups in total. The topological polar surface area (TPSA) is 79.3 Å². The van der Waals surface area contributed by atoms with Crippen LogP contribution in [0, 0.1) is 12.7 Å². The fourth-order valence-corrected chi connectivity index (χ4v) is 2.97. The molecule has 0 spiro atoms. The van der Waals surface area contributed by atoms with Gasteiger partial charge in [-0.05, 0) is 30.7 Å². The lowest BCUT2D eigenvalue weighted by molar-refractivity contribution is -0.115. The minimum absolute atomic E-state index is 0.136. The molecule has 0 aliphatic carbocycles. The largest absolute Gasteiger partial charge is 0.377 e. The van der Waals surface area contributed by atoms with Crippen LogP contribution in [0.5, 0.6) is 0 Å².